The van der Waals surface area contributed by atoms with Gasteiger partial charge < -0.3 is 5.11 Å². The first-order chi connectivity index (χ1) is 18.2. The van der Waals surface area contributed by atoms with E-state index in [0.29, 0.717) is 5.69 Å². The third kappa shape index (κ3) is 4.60. The van der Waals surface area contributed by atoms with E-state index in [9.17, 15) is 5.11 Å². The molecule has 1 atom stereocenters. The maximum absolute atomic E-state index is 11.5. The molecule has 0 fully saturated rings. The van der Waals surface area contributed by atoms with E-state index in [1.807, 2.05) is 36.4 Å². The fraction of sp³-hybridized carbons (Fsp3) is 0.188. The second-order valence-corrected chi connectivity index (χ2v) is 9.18. The summed E-state index contributed by atoms with van der Waals surface area (Å²) in [4.78, 5) is 4.42. The normalized spacial score (nSPS) is 16.6. The molecule has 6 heteroatoms. The van der Waals surface area contributed by atoms with Crippen LogP contribution in [0.3, 0.4) is 0 Å². The highest BCUT2D eigenvalue weighted by molar-refractivity contribution is 5.51. The van der Waals surface area contributed by atoms with Crippen molar-refractivity contribution < 1.29 is 5.11 Å². The lowest BCUT2D eigenvalue weighted by Gasteiger charge is -2.26. The smallest absolute Gasteiger partial charge is 0.216 e. The summed E-state index contributed by atoms with van der Waals surface area (Å²) in [5.41, 5.74) is 7.03. The number of tetrazole rings is 1. The van der Waals surface area contributed by atoms with Gasteiger partial charge in [0.05, 0.1) is 5.69 Å². The number of aromatic amines is 1. The van der Waals surface area contributed by atoms with Crippen LogP contribution < -0.4 is 0 Å². The largest absolute Gasteiger partial charge is 0.372 e. The van der Waals surface area contributed by atoms with Crippen molar-refractivity contribution in [1.29, 1.82) is 0 Å². The Balaban J connectivity index is 0.000000156. The molecule has 0 saturated heterocycles. The van der Waals surface area contributed by atoms with Crippen LogP contribution in [0.1, 0.15) is 57.9 Å². The standard InChI is InChI=1S/C16H12.C15H13N5O.CH4/c1-2-6-14-11-12-16-8-4-3-7-15(16)10-9-13(14)5-1;21-15(14-17-19-20-18-14)12-6-2-1-4-10(12)7-8-11-5-3-9-16-13(11)15;/h1-8H,9-10H2;1-6,9,21H,7-8H2,(H,17,18,19,20);1H4. The molecule has 188 valence electrons. The maximum atomic E-state index is 11.5. The minimum Gasteiger partial charge on any atom is -0.372 e. The van der Waals surface area contributed by atoms with Crippen LogP contribution in [-0.2, 0) is 31.3 Å². The van der Waals surface area contributed by atoms with Gasteiger partial charge in [-0.05, 0) is 66.1 Å². The van der Waals surface area contributed by atoms with E-state index in [1.54, 1.807) is 6.20 Å². The third-order valence-electron chi connectivity index (χ3n) is 7.00. The van der Waals surface area contributed by atoms with Crippen LogP contribution in [0.5, 0.6) is 0 Å². The van der Waals surface area contributed by atoms with Crippen molar-refractivity contribution in [3.8, 4) is 11.8 Å². The van der Waals surface area contributed by atoms with Gasteiger partial charge in [-0.3, -0.25) is 4.98 Å². The highest BCUT2D eigenvalue weighted by Gasteiger charge is 2.43. The number of rotatable bonds is 1. The third-order valence-corrected chi connectivity index (χ3v) is 7.00. The zero-order valence-electron chi connectivity index (χ0n) is 20.2. The zero-order chi connectivity index (χ0) is 25.1. The van der Waals surface area contributed by atoms with Crippen molar-refractivity contribution in [2.24, 2.45) is 0 Å². The second-order valence-electron chi connectivity index (χ2n) is 9.18. The number of benzene rings is 3. The van der Waals surface area contributed by atoms with Gasteiger partial charge in [0.25, 0.3) is 0 Å². The minimum absolute atomic E-state index is 0. The Morgan fingerprint density at radius 3 is 1.89 bits per heavy atom. The van der Waals surface area contributed by atoms with E-state index in [0.717, 1.165) is 42.4 Å². The molecule has 0 saturated carbocycles. The fourth-order valence-electron chi connectivity index (χ4n) is 5.12. The minimum atomic E-state index is -1.48. The number of hydrogen-bond donors (Lipinski definition) is 2. The number of hydrogen-bond acceptors (Lipinski definition) is 5. The van der Waals surface area contributed by atoms with E-state index < -0.39 is 5.60 Å². The zero-order valence-corrected chi connectivity index (χ0v) is 20.2. The van der Waals surface area contributed by atoms with Crippen molar-refractivity contribution in [1.82, 2.24) is 25.6 Å². The molecule has 2 aromatic heterocycles. The Hall–Kier alpha value is -4.60. The van der Waals surface area contributed by atoms with Crippen molar-refractivity contribution in [3.63, 3.8) is 0 Å². The number of nitrogens with zero attached hydrogens (tertiary/aromatic N) is 4. The summed E-state index contributed by atoms with van der Waals surface area (Å²) in [6, 6.07) is 28.5. The first-order valence-electron chi connectivity index (χ1n) is 12.4. The predicted molar refractivity (Wildman–Crippen MR) is 147 cm³/mol. The van der Waals surface area contributed by atoms with Gasteiger partial charge in [0.15, 0.2) is 5.60 Å². The average molecular weight is 500 g/mol. The molecule has 2 aliphatic rings. The van der Waals surface area contributed by atoms with Gasteiger partial charge in [0.1, 0.15) is 0 Å². The van der Waals surface area contributed by atoms with Gasteiger partial charge in [0.2, 0.25) is 5.82 Å². The Bertz CT molecular complexity index is 1520. The summed E-state index contributed by atoms with van der Waals surface area (Å²) >= 11 is 0. The number of aliphatic hydroxyl groups is 1. The summed E-state index contributed by atoms with van der Waals surface area (Å²) in [6.45, 7) is 0. The average Bonchev–Trinajstić information content (AvgIpc) is 3.46. The summed E-state index contributed by atoms with van der Waals surface area (Å²) in [5.74, 6) is 6.76. The van der Waals surface area contributed by atoms with Gasteiger partial charge >= 0.3 is 0 Å². The number of aryl methyl sites for hydroxylation is 4. The molecular weight excluding hydrogens is 470 g/mol. The highest BCUT2D eigenvalue weighted by atomic mass is 16.3. The SMILES string of the molecule is C.C1#Cc2ccccc2CCc2ccccc21.OC1(c2nn[nH]n2)c2ccccc2CCc2cccnc21. The lowest BCUT2D eigenvalue weighted by Crippen LogP contribution is -2.32. The van der Waals surface area contributed by atoms with Crippen LogP contribution in [0, 0.1) is 11.8 Å². The summed E-state index contributed by atoms with van der Waals surface area (Å²) in [6.07, 6.45) is 5.51. The van der Waals surface area contributed by atoms with Gasteiger partial charge in [-0.2, -0.15) is 5.21 Å². The Morgan fingerprint density at radius 1 is 0.684 bits per heavy atom. The molecular formula is C32H29N5O. The van der Waals surface area contributed by atoms with Gasteiger partial charge in [-0.1, -0.05) is 91.2 Å². The van der Waals surface area contributed by atoms with Crippen LogP contribution in [0.2, 0.25) is 0 Å². The molecule has 0 radical (unpaired) electrons. The van der Waals surface area contributed by atoms with Crippen molar-refractivity contribution in [2.75, 3.05) is 0 Å². The molecule has 1 unspecified atom stereocenters. The van der Waals surface area contributed by atoms with Gasteiger partial charge in [-0.15, -0.1) is 10.2 Å². The fourth-order valence-corrected chi connectivity index (χ4v) is 5.12. The van der Waals surface area contributed by atoms with Crippen LogP contribution in [0.25, 0.3) is 0 Å². The quantitative estimate of drug-likeness (QED) is 0.324. The Morgan fingerprint density at radius 2 is 1.24 bits per heavy atom. The number of H-pyrrole nitrogens is 1. The molecule has 2 heterocycles. The predicted octanol–water partition coefficient (Wildman–Crippen LogP) is 4.80. The van der Waals surface area contributed by atoms with E-state index in [1.165, 1.54) is 22.3 Å². The van der Waals surface area contributed by atoms with Crippen LogP contribution >= 0.6 is 0 Å². The van der Waals surface area contributed by atoms with E-state index in [-0.39, 0.29) is 13.3 Å². The molecule has 0 amide bonds. The second kappa shape index (κ2) is 10.8. The first kappa shape index (κ1) is 25.1. The molecule has 0 bridgehead atoms. The molecule has 38 heavy (non-hydrogen) atoms. The topological polar surface area (TPSA) is 87.6 Å². The van der Waals surface area contributed by atoms with Crippen LogP contribution in [-0.4, -0.2) is 30.7 Å². The molecule has 5 aromatic rings. The molecule has 2 N–H and O–H groups in total. The monoisotopic (exact) mass is 499 g/mol. The van der Waals surface area contributed by atoms with Crippen LogP contribution in [0.15, 0.2) is 91.1 Å². The van der Waals surface area contributed by atoms with Crippen molar-refractivity contribution in [3.05, 3.63) is 142 Å². The summed E-state index contributed by atoms with van der Waals surface area (Å²) in [7, 11) is 0. The van der Waals surface area contributed by atoms with Gasteiger partial charge in [-0.25, -0.2) is 0 Å². The molecule has 6 nitrogen and oxygen atoms in total. The molecule has 3 aromatic carbocycles. The number of pyridine rings is 1. The molecule has 0 aliphatic heterocycles. The summed E-state index contributed by atoms with van der Waals surface area (Å²) < 4.78 is 0. The number of aromatic nitrogens is 5. The number of nitrogens with one attached hydrogen (secondary N) is 1. The molecule has 0 spiro atoms. The van der Waals surface area contributed by atoms with Gasteiger partial charge in [0, 0.05) is 22.9 Å². The highest BCUT2D eigenvalue weighted by Crippen LogP contribution is 2.39. The lowest BCUT2D eigenvalue weighted by molar-refractivity contribution is 0.110. The van der Waals surface area contributed by atoms with E-state index in [4.69, 9.17) is 0 Å². The molecule has 2 aliphatic carbocycles. The number of fused-ring (bicyclic) bond motifs is 4. The Labute approximate surface area is 222 Å². The van der Waals surface area contributed by atoms with Crippen LogP contribution in [0.4, 0.5) is 0 Å². The summed E-state index contributed by atoms with van der Waals surface area (Å²) in [5, 5.41) is 25.5. The van der Waals surface area contributed by atoms with Crippen molar-refractivity contribution >= 4 is 0 Å². The Kier molecular flexibility index (Phi) is 7.12. The maximum Gasteiger partial charge on any atom is 0.216 e. The first-order valence-corrected chi connectivity index (χ1v) is 12.4. The van der Waals surface area contributed by atoms with E-state index in [2.05, 4.69) is 86.0 Å². The lowest BCUT2D eigenvalue weighted by atomic mass is 9.86. The van der Waals surface area contributed by atoms with Crippen molar-refractivity contribution in [2.45, 2.75) is 38.7 Å². The van der Waals surface area contributed by atoms with E-state index >= 15 is 0 Å². The molecule has 7 rings (SSSR count).